The van der Waals surface area contributed by atoms with Gasteiger partial charge in [-0.15, -0.1) is 0 Å². The lowest BCUT2D eigenvalue weighted by atomic mass is 9.88. The van der Waals surface area contributed by atoms with Crippen LogP contribution in [0.15, 0.2) is 66.9 Å². The van der Waals surface area contributed by atoms with Gasteiger partial charge in [0.2, 0.25) is 12.6 Å². The first-order chi connectivity index (χ1) is 17.0. The minimum absolute atomic E-state index is 0.0226. The number of ether oxygens (including phenoxy) is 2. The van der Waals surface area contributed by atoms with E-state index >= 15 is 0 Å². The van der Waals surface area contributed by atoms with Crippen LogP contribution in [0.4, 0.5) is 5.69 Å². The maximum Gasteiger partial charge on any atom is 0.294 e. The highest BCUT2D eigenvalue weighted by Crippen LogP contribution is 2.31. The van der Waals surface area contributed by atoms with Crippen LogP contribution in [0.25, 0.3) is 11.1 Å². The quantitative estimate of drug-likeness (QED) is 0.602. The van der Waals surface area contributed by atoms with Crippen molar-refractivity contribution in [2.24, 2.45) is 7.05 Å². The lowest BCUT2D eigenvalue weighted by Gasteiger charge is -2.32. The van der Waals surface area contributed by atoms with E-state index in [0.29, 0.717) is 30.3 Å². The standard InChI is InChI=1S/C27H28N4O4/c1-18-3-4-22(13-24(18)29-26(32)25-16-34-17-35-25)27(33)31-11-9-21(10-12-31)19-5-7-20(8-6-19)23-14-28-30(2)15-23/h3-8,13-16,21H,9-12,17H2,1-2H3,(H,29,32). The van der Waals surface area contributed by atoms with Crippen molar-refractivity contribution in [3.05, 3.63) is 83.6 Å². The van der Waals surface area contributed by atoms with Gasteiger partial charge in [-0.25, -0.2) is 0 Å². The molecule has 0 radical (unpaired) electrons. The van der Waals surface area contributed by atoms with E-state index in [1.165, 1.54) is 11.8 Å². The zero-order chi connectivity index (χ0) is 24.4. The number of carbonyl (C=O) groups is 2. The Labute approximate surface area is 204 Å². The second-order valence-corrected chi connectivity index (χ2v) is 8.99. The van der Waals surface area contributed by atoms with E-state index in [1.54, 1.807) is 10.7 Å². The van der Waals surface area contributed by atoms with Crippen LogP contribution in [0.3, 0.4) is 0 Å². The first-order valence-electron chi connectivity index (χ1n) is 11.7. The lowest BCUT2D eigenvalue weighted by Crippen LogP contribution is -2.38. The van der Waals surface area contributed by atoms with Crippen LogP contribution in [-0.2, 0) is 21.3 Å². The summed E-state index contributed by atoms with van der Waals surface area (Å²) in [6.07, 6.45) is 7.00. The summed E-state index contributed by atoms with van der Waals surface area (Å²) in [5.74, 6) is 0.129. The number of hydrogen-bond donors (Lipinski definition) is 1. The number of nitrogens with zero attached hydrogens (tertiary/aromatic N) is 3. The molecule has 0 bridgehead atoms. The lowest BCUT2D eigenvalue weighted by molar-refractivity contribution is -0.116. The van der Waals surface area contributed by atoms with Crippen molar-refractivity contribution < 1.29 is 19.1 Å². The van der Waals surface area contributed by atoms with E-state index < -0.39 is 5.91 Å². The van der Waals surface area contributed by atoms with Gasteiger partial charge in [-0.2, -0.15) is 5.10 Å². The second-order valence-electron chi connectivity index (χ2n) is 8.99. The summed E-state index contributed by atoms with van der Waals surface area (Å²) in [4.78, 5) is 27.4. The van der Waals surface area contributed by atoms with Crippen molar-refractivity contribution >= 4 is 17.5 Å². The first-order valence-corrected chi connectivity index (χ1v) is 11.7. The molecule has 35 heavy (non-hydrogen) atoms. The summed E-state index contributed by atoms with van der Waals surface area (Å²) in [7, 11) is 1.92. The maximum absolute atomic E-state index is 13.2. The SMILES string of the molecule is Cc1ccc(C(=O)N2CCC(c3ccc(-c4cnn(C)c4)cc3)CC2)cc1NC(=O)C1=COCO1. The van der Waals surface area contributed by atoms with Gasteiger partial charge in [0.25, 0.3) is 11.8 Å². The summed E-state index contributed by atoms with van der Waals surface area (Å²) in [5, 5.41) is 7.05. The van der Waals surface area contributed by atoms with Crippen molar-refractivity contribution in [3.63, 3.8) is 0 Å². The number of carbonyl (C=O) groups excluding carboxylic acids is 2. The third-order valence-corrected chi connectivity index (χ3v) is 6.63. The Kier molecular flexibility index (Phi) is 6.27. The van der Waals surface area contributed by atoms with Crippen molar-refractivity contribution in [2.75, 3.05) is 25.2 Å². The van der Waals surface area contributed by atoms with Crippen LogP contribution in [0.2, 0.25) is 0 Å². The van der Waals surface area contributed by atoms with Gasteiger partial charge >= 0.3 is 0 Å². The summed E-state index contributed by atoms with van der Waals surface area (Å²) >= 11 is 0. The van der Waals surface area contributed by atoms with Crippen molar-refractivity contribution in [3.8, 4) is 11.1 Å². The van der Waals surface area contributed by atoms with Crippen LogP contribution >= 0.6 is 0 Å². The number of piperidine rings is 1. The fourth-order valence-corrected chi connectivity index (χ4v) is 4.55. The maximum atomic E-state index is 13.2. The molecule has 1 saturated heterocycles. The normalized spacial score (nSPS) is 15.8. The molecule has 8 heteroatoms. The zero-order valence-electron chi connectivity index (χ0n) is 19.9. The summed E-state index contributed by atoms with van der Waals surface area (Å²) in [6, 6.07) is 14.1. The zero-order valence-corrected chi connectivity index (χ0v) is 19.9. The Bertz CT molecular complexity index is 1270. The highest BCUT2D eigenvalue weighted by Gasteiger charge is 2.25. The Morgan fingerprint density at radius 1 is 1.06 bits per heavy atom. The average Bonchev–Trinajstić information content (AvgIpc) is 3.58. The fraction of sp³-hybridized carbons (Fsp3) is 0.296. The van der Waals surface area contributed by atoms with E-state index in [0.717, 1.165) is 29.5 Å². The van der Waals surface area contributed by atoms with E-state index in [9.17, 15) is 9.59 Å². The minimum atomic E-state index is -0.398. The van der Waals surface area contributed by atoms with E-state index in [1.807, 2.05) is 43.4 Å². The van der Waals surface area contributed by atoms with Gasteiger partial charge in [-0.05, 0) is 54.5 Å². The molecule has 3 heterocycles. The van der Waals surface area contributed by atoms with Crippen LogP contribution in [0.5, 0.6) is 0 Å². The monoisotopic (exact) mass is 472 g/mol. The number of likely N-dealkylation sites (tertiary alicyclic amines) is 1. The molecule has 0 saturated carbocycles. The van der Waals surface area contributed by atoms with Crippen molar-refractivity contribution in [2.45, 2.75) is 25.7 Å². The van der Waals surface area contributed by atoms with Crippen LogP contribution in [-0.4, -0.2) is 46.4 Å². The number of amides is 2. The molecular weight excluding hydrogens is 444 g/mol. The molecule has 1 fully saturated rings. The largest absolute Gasteiger partial charge is 0.461 e. The van der Waals surface area contributed by atoms with E-state index in [2.05, 4.69) is 34.7 Å². The molecular formula is C27H28N4O4. The van der Waals surface area contributed by atoms with Crippen LogP contribution < -0.4 is 5.32 Å². The Morgan fingerprint density at radius 3 is 2.49 bits per heavy atom. The molecule has 1 N–H and O–H groups in total. The third-order valence-electron chi connectivity index (χ3n) is 6.63. The molecule has 8 nitrogen and oxygen atoms in total. The Hall–Kier alpha value is -4.07. The average molecular weight is 473 g/mol. The van der Waals surface area contributed by atoms with Crippen molar-refractivity contribution in [1.82, 2.24) is 14.7 Å². The van der Waals surface area contributed by atoms with E-state index in [-0.39, 0.29) is 18.5 Å². The Morgan fingerprint density at radius 2 is 1.83 bits per heavy atom. The van der Waals surface area contributed by atoms with Gasteiger partial charge < -0.3 is 19.7 Å². The van der Waals surface area contributed by atoms with Gasteiger partial charge in [0.15, 0.2) is 0 Å². The molecule has 0 aliphatic carbocycles. The topological polar surface area (TPSA) is 85.7 Å². The number of hydrogen-bond acceptors (Lipinski definition) is 5. The van der Waals surface area contributed by atoms with E-state index in [4.69, 9.17) is 9.47 Å². The minimum Gasteiger partial charge on any atom is -0.461 e. The van der Waals surface area contributed by atoms with Gasteiger partial charge in [-0.3, -0.25) is 14.3 Å². The van der Waals surface area contributed by atoms with Gasteiger partial charge in [0, 0.05) is 43.1 Å². The van der Waals surface area contributed by atoms with Gasteiger partial charge in [-0.1, -0.05) is 30.3 Å². The molecule has 0 spiro atoms. The Balaban J connectivity index is 1.21. The second kappa shape index (κ2) is 9.66. The first kappa shape index (κ1) is 22.7. The predicted molar refractivity (Wildman–Crippen MR) is 131 cm³/mol. The number of benzene rings is 2. The smallest absolute Gasteiger partial charge is 0.294 e. The fourth-order valence-electron chi connectivity index (χ4n) is 4.55. The number of aryl methyl sites for hydroxylation is 2. The molecule has 0 atom stereocenters. The molecule has 2 aliphatic rings. The number of rotatable bonds is 5. The van der Waals surface area contributed by atoms with Crippen molar-refractivity contribution in [1.29, 1.82) is 0 Å². The molecule has 180 valence electrons. The summed E-state index contributed by atoms with van der Waals surface area (Å²) in [5.41, 5.74) is 5.57. The number of anilines is 1. The highest BCUT2D eigenvalue weighted by molar-refractivity contribution is 6.04. The predicted octanol–water partition coefficient (Wildman–Crippen LogP) is 4.20. The molecule has 1 aromatic heterocycles. The highest BCUT2D eigenvalue weighted by atomic mass is 16.7. The van der Waals surface area contributed by atoms with Crippen LogP contribution in [0, 0.1) is 6.92 Å². The van der Waals surface area contributed by atoms with Gasteiger partial charge in [0.1, 0.15) is 6.26 Å². The third kappa shape index (κ3) is 4.91. The molecule has 2 aromatic carbocycles. The van der Waals surface area contributed by atoms with Gasteiger partial charge in [0.05, 0.1) is 6.20 Å². The molecule has 3 aromatic rings. The molecule has 2 aliphatic heterocycles. The van der Waals surface area contributed by atoms with Crippen LogP contribution in [0.1, 0.15) is 40.2 Å². The summed E-state index contributed by atoms with van der Waals surface area (Å²) < 4.78 is 11.9. The molecule has 2 amide bonds. The number of nitrogens with one attached hydrogen (secondary N) is 1. The number of aromatic nitrogens is 2. The molecule has 5 rings (SSSR count). The molecule has 0 unspecified atom stereocenters. The summed E-state index contributed by atoms with van der Waals surface area (Å²) in [6.45, 7) is 3.31.